The average molecular weight is 216 g/mol. The Bertz CT molecular complexity index is 266. The van der Waals surface area contributed by atoms with Crippen LogP contribution in [0.1, 0.15) is 12.6 Å². The number of ether oxygens (including phenoxy) is 1. The molecule has 0 fully saturated rings. The van der Waals surface area contributed by atoms with Crippen molar-refractivity contribution >= 4 is 16.5 Å². The fourth-order valence-corrected chi connectivity index (χ4v) is 1.46. The van der Waals surface area contributed by atoms with Gasteiger partial charge in [0.2, 0.25) is 0 Å². The van der Waals surface area contributed by atoms with Crippen LogP contribution in [0, 0.1) is 0 Å². The number of aromatic nitrogens is 2. The zero-order valence-corrected chi connectivity index (χ0v) is 9.38. The van der Waals surface area contributed by atoms with Gasteiger partial charge in [0.05, 0.1) is 6.61 Å². The summed E-state index contributed by atoms with van der Waals surface area (Å²) in [7, 11) is 2.01. The molecule has 80 valence electrons. The summed E-state index contributed by atoms with van der Waals surface area (Å²) in [5.41, 5.74) is 6.53. The first kappa shape index (κ1) is 11.4. The summed E-state index contributed by atoms with van der Waals surface area (Å²) < 4.78 is 9.03. The minimum Gasteiger partial charge on any atom is -0.388 e. The highest BCUT2D eigenvalue weighted by Crippen LogP contribution is 2.13. The van der Waals surface area contributed by atoms with Gasteiger partial charge in [-0.2, -0.15) is 0 Å². The van der Waals surface area contributed by atoms with E-state index in [1.165, 1.54) is 11.5 Å². The molecule has 1 heterocycles. The highest BCUT2D eigenvalue weighted by atomic mass is 32.1. The smallest absolute Gasteiger partial charge is 0.132 e. The van der Waals surface area contributed by atoms with Crippen LogP contribution in [0.2, 0.25) is 0 Å². The van der Waals surface area contributed by atoms with Crippen LogP contribution in [0.25, 0.3) is 0 Å². The summed E-state index contributed by atoms with van der Waals surface area (Å²) in [5, 5.41) is 4.65. The van der Waals surface area contributed by atoms with Gasteiger partial charge in [0, 0.05) is 31.2 Å². The van der Waals surface area contributed by atoms with E-state index < -0.39 is 0 Å². The van der Waals surface area contributed by atoms with Crippen molar-refractivity contribution in [3.05, 3.63) is 5.69 Å². The molecule has 6 heteroatoms. The van der Waals surface area contributed by atoms with Gasteiger partial charge in [-0.25, -0.2) is 0 Å². The van der Waals surface area contributed by atoms with E-state index in [9.17, 15) is 0 Å². The summed E-state index contributed by atoms with van der Waals surface area (Å²) in [5.74, 6) is 0. The van der Waals surface area contributed by atoms with Crippen LogP contribution in [0.5, 0.6) is 0 Å². The van der Waals surface area contributed by atoms with Crippen molar-refractivity contribution in [1.82, 2.24) is 14.5 Å². The van der Waals surface area contributed by atoms with E-state index in [-0.39, 0.29) is 0 Å². The first-order chi connectivity index (χ1) is 6.74. The number of nitrogens with two attached hydrogens (primary N) is 1. The van der Waals surface area contributed by atoms with Crippen LogP contribution in [0.4, 0.5) is 5.00 Å². The van der Waals surface area contributed by atoms with Gasteiger partial charge < -0.3 is 10.5 Å². The van der Waals surface area contributed by atoms with Gasteiger partial charge in [-0.15, -0.1) is 5.10 Å². The highest BCUT2D eigenvalue weighted by molar-refractivity contribution is 7.09. The second-order valence-electron chi connectivity index (χ2n) is 3.02. The van der Waals surface area contributed by atoms with E-state index in [1.807, 2.05) is 14.0 Å². The summed E-state index contributed by atoms with van der Waals surface area (Å²) >= 11 is 1.23. The Labute approximate surface area is 88.0 Å². The molecule has 0 bridgehead atoms. The number of likely N-dealkylation sites (N-methyl/N-ethyl adjacent to an activating group) is 1. The molecule has 2 N–H and O–H groups in total. The molecule has 0 amide bonds. The molecule has 1 rings (SSSR count). The molecule has 0 saturated carbocycles. The van der Waals surface area contributed by atoms with Crippen molar-refractivity contribution in [3.8, 4) is 0 Å². The normalized spacial score (nSPS) is 11.1. The molecule has 0 radical (unpaired) electrons. The molecule has 0 aliphatic carbocycles. The van der Waals surface area contributed by atoms with Crippen LogP contribution in [-0.4, -0.2) is 41.3 Å². The lowest BCUT2D eigenvalue weighted by atomic mass is 10.4. The third kappa shape index (κ3) is 3.57. The molecule has 1 aromatic rings. The first-order valence-corrected chi connectivity index (χ1v) is 5.34. The number of hydrogen-bond acceptors (Lipinski definition) is 6. The van der Waals surface area contributed by atoms with Crippen LogP contribution >= 0.6 is 11.5 Å². The van der Waals surface area contributed by atoms with Crippen molar-refractivity contribution in [2.24, 2.45) is 0 Å². The second kappa shape index (κ2) is 5.90. The van der Waals surface area contributed by atoms with Crippen molar-refractivity contribution in [1.29, 1.82) is 0 Å². The Morgan fingerprint density at radius 3 is 2.93 bits per heavy atom. The van der Waals surface area contributed by atoms with E-state index in [4.69, 9.17) is 10.5 Å². The lowest BCUT2D eigenvalue weighted by molar-refractivity contribution is 0.120. The summed E-state index contributed by atoms with van der Waals surface area (Å²) in [6.45, 7) is 5.10. The molecule has 0 aromatic carbocycles. The molecule has 0 aliphatic heterocycles. The standard InChI is InChI=1S/C8H16N4OS/c1-3-13-5-4-12(2)6-7-8(9)14-11-10-7/h3-6,9H2,1-2H3. The second-order valence-corrected chi connectivity index (χ2v) is 3.80. The topological polar surface area (TPSA) is 64.3 Å². The quantitative estimate of drug-likeness (QED) is 0.705. The van der Waals surface area contributed by atoms with Gasteiger partial charge in [-0.3, -0.25) is 4.90 Å². The van der Waals surface area contributed by atoms with Crippen molar-refractivity contribution in [2.45, 2.75) is 13.5 Å². The maximum Gasteiger partial charge on any atom is 0.132 e. The van der Waals surface area contributed by atoms with Crippen LogP contribution in [0.15, 0.2) is 0 Å². The summed E-state index contributed by atoms with van der Waals surface area (Å²) in [6, 6.07) is 0. The Hall–Kier alpha value is -0.720. The fraction of sp³-hybridized carbons (Fsp3) is 0.750. The van der Waals surface area contributed by atoms with Gasteiger partial charge in [0.1, 0.15) is 10.7 Å². The molecule has 0 spiro atoms. The molecule has 1 aromatic heterocycles. The predicted octanol–water partition coefficient (Wildman–Crippen LogP) is 0.589. The van der Waals surface area contributed by atoms with Gasteiger partial charge in [-0.1, -0.05) is 4.49 Å². The highest BCUT2D eigenvalue weighted by Gasteiger charge is 2.07. The third-order valence-electron chi connectivity index (χ3n) is 1.83. The molecule has 14 heavy (non-hydrogen) atoms. The number of hydrogen-bond donors (Lipinski definition) is 1. The van der Waals surface area contributed by atoms with Crippen LogP contribution in [-0.2, 0) is 11.3 Å². The zero-order valence-electron chi connectivity index (χ0n) is 8.56. The zero-order chi connectivity index (χ0) is 10.4. The molecular weight excluding hydrogens is 200 g/mol. The molecule has 0 atom stereocenters. The molecular formula is C8H16N4OS. The van der Waals surface area contributed by atoms with Gasteiger partial charge >= 0.3 is 0 Å². The Balaban J connectivity index is 2.27. The van der Waals surface area contributed by atoms with E-state index >= 15 is 0 Å². The number of rotatable bonds is 6. The number of nitrogen functional groups attached to an aromatic ring is 1. The molecule has 0 aliphatic rings. The minimum atomic E-state index is 0.702. The number of anilines is 1. The monoisotopic (exact) mass is 216 g/mol. The molecule has 0 unspecified atom stereocenters. The Morgan fingerprint density at radius 1 is 1.57 bits per heavy atom. The third-order valence-corrected chi connectivity index (χ3v) is 2.42. The van der Waals surface area contributed by atoms with E-state index in [2.05, 4.69) is 14.5 Å². The van der Waals surface area contributed by atoms with Gasteiger partial charge in [0.25, 0.3) is 0 Å². The van der Waals surface area contributed by atoms with Gasteiger partial charge in [0.15, 0.2) is 0 Å². The van der Waals surface area contributed by atoms with Gasteiger partial charge in [-0.05, 0) is 14.0 Å². The SMILES string of the molecule is CCOCCN(C)Cc1nnsc1N. The molecule has 0 saturated heterocycles. The fourth-order valence-electron chi connectivity index (χ4n) is 1.02. The van der Waals surface area contributed by atoms with E-state index in [1.54, 1.807) is 0 Å². The lowest BCUT2D eigenvalue weighted by Crippen LogP contribution is -2.23. The van der Waals surface area contributed by atoms with Crippen LogP contribution < -0.4 is 5.73 Å². The van der Waals surface area contributed by atoms with E-state index in [0.29, 0.717) is 5.00 Å². The number of nitrogens with zero attached hydrogens (tertiary/aromatic N) is 3. The maximum atomic E-state index is 5.68. The van der Waals surface area contributed by atoms with E-state index in [0.717, 1.165) is 32.0 Å². The molecule has 5 nitrogen and oxygen atoms in total. The summed E-state index contributed by atoms with van der Waals surface area (Å²) in [4.78, 5) is 2.11. The summed E-state index contributed by atoms with van der Waals surface area (Å²) in [6.07, 6.45) is 0. The minimum absolute atomic E-state index is 0.702. The Morgan fingerprint density at radius 2 is 2.36 bits per heavy atom. The Kier molecular flexibility index (Phi) is 4.78. The van der Waals surface area contributed by atoms with Crippen LogP contribution in [0.3, 0.4) is 0 Å². The predicted molar refractivity (Wildman–Crippen MR) is 57.1 cm³/mol. The lowest BCUT2D eigenvalue weighted by Gasteiger charge is -2.14. The first-order valence-electron chi connectivity index (χ1n) is 4.57. The average Bonchev–Trinajstić information content (AvgIpc) is 2.52. The largest absolute Gasteiger partial charge is 0.388 e. The van der Waals surface area contributed by atoms with Crippen molar-refractivity contribution < 1.29 is 4.74 Å². The maximum absolute atomic E-state index is 5.68. The van der Waals surface area contributed by atoms with Crippen molar-refractivity contribution in [2.75, 3.05) is 32.5 Å². The van der Waals surface area contributed by atoms with Crippen molar-refractivity contribution in [3.63, 3.8) is 0 Å².